The number of hydrogen-bond acceptors (Lipinski definition) is 6. The number of rotatable bonds is 4. The van der Waals surface area contributed by atoms with Crippen LogP contribution in [0.5, 0.6) is 0 Å². The molecule has 3 N–H and O–H groups in total. The lowest BCUT2D eigenvalue weighted by molar-refractivity contribution is -0.149. The molecule has 0 radical (unpaired) electrons. The van der Waals surface area contributed by atoms with Crippen LogP contribution in [-0.4, -0.2) is 42.8 Å². The summed E-state index contributed by atoms with van der Waals surface area (Å²) in [5.74, 6) is -1.70. The van der Waals surface area contributed by atoms with Gasteiger partial charge in [-0.3, -0.25) is 14.4 Å². The number of carbonyl (C=O) groups is 3. The van der Waals surface area contributed by atoms with Gasteiger partial charge in [0.25, 0.3) is 0 Å². The summed E-state index contributed by atoms with van der Waals surface area (Å²) in [6.07, 6.45) is 0. The van der Waals surface area contributed by atoms with E-state index in [1.54, 1.807) is 0 Å². The Kier molecular flexibility index (Phi) is 11.0. The number of carbonyl (C=O) groups excluding carboxylic acids is 2. The zero-order valence-corrected chi connectivity index (χ0v) is 8.69. The van der Waals surface area contributed by atoms with Crippen molar-refractivity contribution in [2.45, 2.75) is 13.8 Å². The summed E-state index contributed by atoms with van der Waals surface area (Å²) in [5.41, 5.74) is 4.57. The van der Waals surface area contributed by atoms with Crippen LogP contribution in [0.1, 0.15) is 13.8 Å². The standard InChI is InChI=1S/C6H10O4.C2H5NO2/c1-5(7)9-3-4-10-6(2)8;3-1-2(4)5/h3-4H2,1-2H3;1,3H2,(H,4,5). The van der Waals surface area contributed by atoms with Crippen LogP contribution in [0.4, 0.5) is 0 Å². The van der Waals surface area contributed by atoms with Crippen molar-refractivity contribution in [1.82, 2.24) is 0 Å². The highest BCUT2D eigenvalue weighted by Gasteiger charge is 1.94. The van der Waals surface area contributed by atoms with Gasteiger partial charge in [0, 0.05) is 13.8 Å². The third-order valence-electron chi connectivity index (χ3n) is 0.869. The molecule has 0 heterocycles. The Morgan fingerprint density at radius 1 is 1.07 bits per heavy atom. The Labute approximate surface area is 87.1 Å². The molecule has 15 heavy (non-hydrogen) atoms. The first kappa shape index (κ1) is 15.8. The first-order chi connectivity index (χ1) is 6.90. The fourth-order valence-corrected chi connectivity index (χ4v) is 0.371. The maximum absolute atomic E-state index is 10.1. The molecule has 0 unspecified atom stereocenters. The molecule has 0 aliphatic heterocycles. The minimum Gasteiger partial charge on any atom is -0.480 e. The highest BCUT2D eigenvalue weighted by molar-refractivity contribution is 5.68. The number of hydrogen-bond donors (Lipinski definition) is 2. The van der Waals surface area contributed by atoms with Crippen LogP contribution in [0.15, 0.2) is 0 Å². The molecule has 0 aromatic heterocycles. The smallest absolute Gasteiger partial charge is 0.317 e. The van der Waals surface area contributed by atoms with E-state index < -0.39 is 5.97 Å². The summed E-state index contributed by atoms with van der Waals surface area (Å²) in [5, 5.41) is 7.60. The monoisotopic (exact) mass is 221 g/mol. The van der Waals surface area contributed by atoms with Crippen LogP contribution in [0.3, 0.4) is 0 Å². The van der Waals surface area contributed by atoms with Crippen LogP contribution in [0, 0.1) is 0 Å². The van der Waals surface area contributed by atoms with Crippen LogP contribution in [0.2, 0.25) is 0 Å². The van der Waals surface area contributed by atoms with Gasteiger partial charge < -0.3 is 20.3 Å². The Hall–Kier alpha value is -1.63. The predicted molar refractivity (Wildman–Crippen MR) is 50.0 cm³/mol. The van der Waals surface area contributed by atoms with Crippen LogP contribution in [-0.2, 0) is 23.9 Å². The number of aliphatic carboxylic acids is 1. The van der Waals surface area contributed by atoms with Crippen molar-refractivity contribution in [1.29, 1.82) is 0 Å². The molecular formula is C8H15NO6. The summed E-state index contributed by atoms with van der Waals surface area (Å²) in [7, 11) is 0. The van der Waals surface area contributed by atoms with Gasteiger partial charge >= 0.3 is 17.9 Å². The summed E-state index contributed by atoms with van der Waals surface area (Å²) in [6, 6.07) is 0. The van der Waals surface area contributed by atoms with Gasteiger partial charge in [0.1, 0.15) is 13.2 Å². The lowest BCUT2D eigenvalue weighted by Crippen LogP contribution is -2.10. The lowest BCUT2D eigenvalue weighted by Gasteiger charge is -2.00. The molecule has 0 aromatic rings. The number of carboxylic acids is 1. The quantitative estimate of drug-likeness (QED) is 0.468. The second-order valence-corrected chi connectivity index (χ2v) is 2.28. The van der Waals surface area contributed by atoms with Gasteiger partial charge in [-0.15, -0.1) is 0 Å². The van der Waals surface area contributed by atoms with Gasteiger partial charge in [-0.2, -0.15) is 0 Å². The molecule has 0 fully saturated rings. The fourth-order valence-electron chi connectivity index (χ4n) is 0.371. The molecule has 7 heteroatoms. The highest BCUT2D eigenvalue weighted by atomic mass is 16.6. The SMILES string of the molecule is CC(=O)OCCOC(C)=O.NCC(=O)O. The Bertz CT molecular complexity index is 199. The second kappa shape index (κ2) is 10.5. The largest absolute Gasteiger partial charge is 0.480 e. The number of nitrogens with two attached hydrogens (primary N) is 1. The molecule has 7 nitrogen and oxygen atoms in total. The Morgan fingerprint density at radius 3 is 1.47 bits per heavy atom. The second-order valence-electron chi connectivity index (χ2n) is 2.28. The number of esters is 2. The Morgan fingerprint density at radius 2 is 1.33 bits per heavy atom. The molecule has 0 spiro atoms. The molecule has 0 saturated heterocycles. The van der Waals surface area contributed by atoms with Crippen molar-refractivity contribution < 1.29 is 29.0 Å². The average Bonchev–Trinajstić information content (AvgIpc) is 2.13. The minimum atomic E-state index is -0.968. The van der Waals surface area contributed by atoms with Crippen molar-refractivity contribution in [2.24, 2.45) is 5.73 Å². The molecule has 0 aliphatic carbocycles. The molecular weight excluding hydrogens is 206 g/mol. The van der Waals surface area contributed by atoms with Crippen molar-refractivity contribution in [3.05, 3.63) is 0 Å². The highest BCUT2D eigenvalue weighted by Crippen LogP contribution is 1.79. The maximum Gasteiger partial charge on any atom is 0.317 e. The third-order valence-corrected chi connectivity index (χ3v) is 0.869. The van der Waals surface area contributed by atoms with E-state index in [1.165, 1.54) is 13.8 Å². The fraction of sp³-hybridized carbons (Fsp3) is 0.625. The number of ether oxygens (including phenoxy) is 2. The van der Waals surface area contributed by atoms with Crippen molar-refractivity contribution >= 4 is 17.9 Å². The first-order valence-electron chi connectivity index (χ1n) is 4.08. The van der Waals surface area contributed by atoms with E-state index in [9.17, 15) is 14.4 Å². The van der Waals surface area contributed by atoms with Crippen LogP contribution >= 0.6 is 0 Å². The van der Waals surface area contributed by atoms with Gasteiger partial charge in [-0.1, -0.05) is 0 Å². The maximum atomic E-state index is 10.1. The van der Waals surface area contributed by atoms with E-state index in [0.717, 1.165) is 0 Å². The Balaban J connectivity index is 0. The van der Waals surface area contributed by atoms with Gasteiger partial charge in [-0.05, 0) is 0 Å². The molecule has 0 rings (SSSR count). The van der Waals surface area contributed by atoms with Crippen molar-refractivity contribution in [3.8, 4) is 0 Å². The topological polar surface area (TPSA) is 116 Å². The van der Waals surface area contributed by atoms with E-state index in [0.29, 0.717) is 0 Å². The van der Waals surface area contributed by atoms with Crippen LogP contribution < -0.4 is 5.73 Å². The van der Waals surface area contributed by atoms with E-state index in [-0.39, 0.29) is 31.7 Å². The molecule has 0 bridgehead atoms. The normalized spacial score (nSPS) is 8.20. The number of carboxylic acid groups (broad SMARTS) is 1. The average molecular weight is 221 g/mol. The minimum absolute atomic E-state index is 0.134. The predicted octanol–water partition coefficient (Wildman–Crippen LogP) is -0.858. The van der Waals surface area contributed by atoms with Gasteiger partial charge in [0.2, 0.25) is 0 Å². The molecule has 0 atom stereocenters. The van der Waals surface area contributed by atoms with Crippen molar-refractivity contribution in [2.75, 3.05) is 19.8 Å². The first-order valence-corrected chi connectivity index (χ1v) is 4.08. The third kappa shape index (κ3) is 24.5. The van der Waals surface area contributed by atoms with Gasteiger partial charge in [0.05, 0.1) is 6.54 Å². The molecule has 0 saturated carbocycles. The lowest BCUT2D eigenvalue weighted by atomic mass is 10.7. The molecule has 88 valence electrons. The zero-order chi connectivity index (χ0) is 12.3. The van der Waals surface area contributed by atoms with Gasteiger partial charge in [0.15, 0.2) is 0 Å². The van der Waals surface area contributed by atoms with Gasteiger partial charge in [-0.25, -0.2) is 0 Å². The van der Waals surface area contributed by atoms with Crippen molar-refractivity contribution in [3.63, 3.8) is 0 Å². The summed E-state index contributed by atoms with van der Waals surface area (Å²) in [4.78, 5) is 29.5. The van der Waals surface area contributed by atoms with E-state index in [1.807, 2.05) is 0 Å². The summed E-state index contributed by atoms with van der Waals surface area (Å²) < 4.78 is 8.95. The van der Waals surface area contributed by atoms with E-state index in [4.69, 9.17) is 5.11 Å². The van der Waals surface area contributed by atoms with E-state index in [2.05, 4.69) is 15.2 Å². The van der Waals surface area contributed by atoms with Crippen LogP contribution in [0.25, 0.3) is 0 Å². The van der Waals surface area contributed by atoms with E-state index >= 15 is 0 Å². The zero-order valence-electron chi connectivity index (χ0n) is 8.69. The molecule has 0 aliphatic rings. The summed E-state index contributed by atoms with van der Waals surface area (Å²) in [6.45, 7) is 2.59. The molecule has 0 aromatic carbocycles. The summed E-state index contributed by atoms with van der Waals surface area (Å²) >= 11 is 0. The molecule has 0 amide bonds.